The Balaban J connectivity index is 4.38. The molecular weight excluding hydrogens is 733 g/mol. The summed E-state index contributed by atoms with van der Waals surface area (Å²) in [7, 11) is 0. The van der Waals surface area contributed by atoms with E-state index in [2.05, 4.69) is 81.5 Å². The predicted octanol–water partition coefficient (Wildman–Crippen LogP) is 16.1. The Labute approximate surface area is 364 Å². The van der Waals surface area contributed by atoms with Crippen molar-refractivity contribution >= 4 is 17.9 Å². The van der Waals surface area contributed by atoms with Gasteiger partial charge in [-0.05, 0) is 83.5 Å². The first-order valence-corrected chi connectivity index (χ1v) is 24.8. The Morgan fingerprint density at radius 3 is 1.12 bits per heavy atom. The number of hydrogen-bond acceptors (Lipinski definition) is 6. The van der Waals surface area contributed by atoms with Crippen molar-refractivity contribution in [2.24, 2.45) is 0 Å². The Bertz CT molecular complexity index is 1090. The van der Waals surface area contributed by atoms with Crippen molar-refractivity contribution in [2.75, 3.05) is 13.2 Å². The van der Waals surface area contributed by atoms with Crippen LogP contribution in [0.4, 0.5) is 0 Å². The van der Waals surface area contributed by atoms with Crippen LogP contribution in [0.2, 0.25) is 0 Å². The van der Waals surface area contributed by atoms with E-state index < -0.39 is 6.10 Å². The van der Waals surface area contributed by atoms with Crippen LogP contribution in [0.3, 0.4) is 0 Å². The topological polar surface area (TPSA) is 78.9 Å². The number of hydrogen-bond donors (Lipinski definition) is 0. The summed E-state index contributed by atoms with van der Waals surface area (Å²) in [6, 6.07) is 0. The molecule has 1 atom stereocenters. The van der Waals surface area contributed by atoms with Crippen molar-refractivity contribution in [3.63, 3.8) is 0 Å². The molecule has 340 valence electrons. The molecule has 0 aromatic carbocycles. The maximum absolute atomic E-state index is 12.7. The molecule has 0 heterocycles. The molecule has 0 saturated carbocycles. The quantitative estimate of drug-likeness (QED) is 0.0200. The maximum atomic E-state index is 12.7. The minimum Gasteiger partial charge on any atom is -0.462 e. The van der Waals surface area contributed by atoms with Crippen molar-refractivity contribution in [2.45, 2.75) is 245 Å². The van der Waals surface area contributed by atoms with Crippen LogP contribution >= 0.6 is 0 Å². The van der Waals surface area contributed by atoms with Crippen LogP contribution < -0.4 is 0 Å². The average molecular weight is 825 g/mol. The van der Waals surface area contributed by atoms with E-state index in [1.54, 1.807) is 0 Å². The van der Waals surface area contributed by atoms with Gasteiger partial charge in [-0.3, -0.25) is 14.4 Å². The fraction of sp³-hybridized carbons (Fsp3) is 0.755. The van der Waals surface area contributed by atoms with Crippen molar-refractivity contribution in [1.82, 2.24) is 0 Å². The third kappa shape index (κ3) is 46.0. The van der Waals surface area contributed by atoms with E-state index in [9.17, 15) is 14.4 Å². The number of unbranched alkanes of at least 4 members (excludes halogenated alkanes) is 25. The smallest absolute Gasteiger partial charge is 0.306 e. The molecule has 0 amide bonds. The summed E-state index contributed by atoms with van der Waals surface area (Å²) in [5.41, 5.74) is 0. The first-order valence-electron chi connectivity index (χ1n) is 24.8. The molecule has 0 aliphatic heterocycles. The second-order valence-corrected chi connectivity index (χ2v) is 16.4. The fourth-order valence-corrected chi connectivity index (χ4v) is 6.77. The van der Waals surface area contributed by atoms with Crippen LogP contribution in [0.25, 0.3) is 0 Å². The first-order chi connectivity index (χ1) is 29.0. The van der Waals surface area contributed by atoms with Gasteiger partial charge in [0.1, 0.15) is 13.2 Å². The van der Waals surface area contributed by atoms with Crippen molar-refractivity contribution < 1.29 is 28.6 Å². The van der Waals surface area contributed by atoms with Gasteiger partial charge in [0, 0.05) is 19.3 Å². The Kier molecular flexibility index (Phi) is 45.4. The molecule has 0 fully saturated rings. The fourth-order valence-electron chi connectivity index (χ4n) is 6.77. The van der Waals surface area contributed by atoms with Gasteiger partial charge in [-0.15, -0.1) is 0 Å². The van der Waals surface area contributed by atoms with E-state index in [1.165, 1.54) is 109 Å². The van der Waals surface area contributed by atoms with Gasteiger partial charge in [0.25, 0.3) is 0 Å². The second-order valence-electron chi connectivity index (χ2n) is 16.4. The van der Waals surface area contributed by atoms with Crippen molar-refractivity contribution in [1.29, 1.82) is 0 Å². The summed E-state index contributed by atoms with van der Waals surface area (Å²) in [6.07, 6.45) is 57.7. The highest BCUT2D eigenvalue weighted by atomic mass is 16.6. The number of rotatable bonds is 44. The summed E-state index contributed by atoms with van der Waals surface area (Å²) in [5.74, 6) is -0.922. The van der Waals surface area contributed by atoms with Gasteiger partial charge in [-0.25, -0.2) is 0 Å². The van der Waals surface area contributed by atoms with Gasteiger partial charge >= 0.3 is 17.9 Å². The molecule has 6 nitrogen and oxygen atoms in total. The van der Waals surface area contributed by atoms with Gasteiger partial charge < -0.3 is 14.2 Å². The van der Waals surface area contributed by atoms with E-state index in [4.69, 9.17) is 14.2 Å². The zero-order valence-corrected chi connectivity index (χ0v) is 38.8. The molecule has 0 saturated heterocycles. The van der Waals surface area contributed by atoms with Gasteiger partial charge in [0.15, 0.2) is 6.10 Å². The summed E-state index contributed by atoms with van der Waals surface area (Å²) >= 11 is 0. The molecule has 0 rings (SSSR count). The molecule has 59 heavy (non-hydrogen) atoms. The summed E-state index contributed by atoms with van der Waals surface area (Å²) in [4.78, 5) is 37.9. The number of ether oxygens (including phenoxy) is 3. The zero-order valence-electron chi connectivity index (χ0n) is 38.8. The minimum atomic E-state index is -0.788. The lowest BCUT2D eigenvalue weighted by Crippen LogP contribution is -2.30. The number of carbonyl (C=O) groups excluding carboxylic acids is 3. The molecule has 0 aliphatic rings. The molecule has 0 N–H and O–H groups in total. The van der Waals surface area contributed by atoms with E-state index in [1.807, 2.05) is 0 Å². The molecule has 6 heteroatoms. The molecule has 0 aromatic rings. The monoisotopic (exact) mass is 825 g/mol. The number of esters is 3. The molecule has 0 aromatic heterocycles. The summed E-state index contributed by atoms with van der Waals surface area (Å²) in [6.45, 7) is 6.43. The van der Waals surface area contributed by atoms with Gasteiger partial charge in [0.05, 0.1) is 0 Å². The predicted molar refractivity (Wildman–Crippen MR) is 251 cm³/mol. The van der Waals surface area contributed by atoms with E-state index in [0.717, 1.165) is 89.9 Å². The normalized spacial score (nSPS) is 12.5. The third-order valence-electron chi connectivity index (χ3n) is 10.5. The van der Waals surface area contributed by atoms with E-state index in [-0.39, 0.29) is 31.1 Å². The lowest BCUT2D eigenvalue weighted by atomic mass is 10.1. The highest BCUT2D eigenvalue weighted by Crippen LogP contribution is 2.14. The third-order valence-corrected chi connectivity index (χ3v) is 10.5. The molecular formula is C53H92O6. The van der Waals surface area contributed by atoms with E-state index >= 15 is 0 Å². The molecule has 1 unspecified atom stereocenters. The van der Waals surface area contributed by atoms with Gasteiger partial charge in [-0.2, -0.15) is 0 Å². The first kappa shape index (κ1) is 56.1. The Morgan fingerprint density at radius 2 is 0.695 bits per heavy atom. The maximum Gasteiger partial charge on any atom is 0.306 e. The summed E-state index contributed by atoms with van der Waals surface area (Å²) in [5, 5.41) is 0. The average Bonchev–Trinajstić information content (AvgIpc) is 3.23. The van der Waals surface area contributed by atoms with Crippen LogP contribution in [0.1, 0.15) is 239 Å². The van der Waals surface area contributed by atoms with Crippen LogP contribution in [0.5, 0.6) is 0 Å². The van der Waals surface area contributed by atoms with Crippen LogP contribution in [-0.4, -0.2) is 37.2 Å². The van der Waals surface area contributed by atoms with Crippen LogP contribution in [0, 0.1) is 0 Å². The zero-order chi connectivity index (χ0) is 43.0. The summed E-state index contributed by atoms with van der Waals surface area (Å²) < 4.78 is 16.7. The van der Waals surface area contributed by atoms with Crippen molar-refractivity contribution in [3.8, 4) is 0 Å². The van der Waals surface area contributed by atoms with Gasteiger partial charge in [-0.1, -0.05) is 197 Å². The van der Waals surface area contributed by atoms with Crippen LogP contribution in [-0.2, 0) is 28.6 Å². The number of allylic oxidation sites excluding steroid dienone is 10. The minimum absolute atomic E-state index is 0.0876. The molecule has 0 radical (unpaired) electrons. The molecule has 0 spiro atoms. The SMILES string of the molecule is CC\C=C/C=C\C=C/CCCCCCCC(=O)OC(COC(=O)CCCCCCC/C=C\CCCC)COC(=O)CCCCCCCCC/C=C\CCCCCCCC. The highest BCUT2D eigenvalue weighted by Gasteiger charge is 2.19. The second kappa shape index (κ2) is 47.8. The standard InChI is InChI=1S/C53H92O6/c1-4-7-10-13-16-19-22-24-25-26-27-29-31-34-37-40-43-46-52(55)58-49-50(48-57-51(54)45-42-39-36-33-30-21-18-15-12-9-6-3)59-53(56)47-44-41-38-35-32-28-23-20-17-14-11-8-5-2/h8,11,14-15,17-18,20,23-25,50H,4-7,9-10,12-13,16,19,21-22,26-49H2,1-3H3/b11-8-,17-14-,18-15-,23-20-,25-24-. The van der Waals surface area contributed by atoms with Crippen molar-refractivity contribution in [3.05, 3.63) is 60.8 Å². The number of carbonyl (C=O) groups is 3. The van der Waals surface area contributed by atoms with E-state index in [0.29, 0.717) is 19.3 Å². The largest absolute Gasteiger partial charge is 0.462 e. The lowest BCUT2D eigenvalue weighted by Gasteiger charge is -2.18. The molecule has 0 aliphatic carbocycles. The lowest BCUT2D eigenvalue weighted by molar-refractivity contribution is -0.167. The molecule has 0 bridgehead atoms. The van der Waals surface area contributed by atoms with Crippen LogP contribution in [0.15, 0.2) is 60.8 Å². The van der Waals surface area contributed by atoms with Gasteiger partial charge in [0.2, 0.25) is 0 Å². The Morgan fingerprint density at radius 1 is 0.356 bits per heavy atom. The Hall–Kier alpha value is -2.89. The highest BCUT2D eigenvalue weighted by molar-refractivity contribution is 5.71.